The molecule has 4 bridgehead atoms. The fourth-order valence-electron chi connectivity index (χ4n) is 6.10. The predicted octanol–water partition coefficient (Wildman–Crippen LogP) is 4.20. The molecule has 5 heteroatoms. The van der Waals surface area contributed by atoms with Crippen molar-refractivity contribution in [2.75, 3.05) is 17.2 Å². The van der Waals surface area contributed by atoms with Crippen LogP contribution in [0.4, 0.5) is 11.4 Å². The Morgan fingerprint density at radius 2 is 1.74 bits per heavy atom. The maximum atomic E-state index is 13.2. The molecular formula is C22H28N2O3. The summed E-state index contributed by atoms with van der Waals surface area (Å²) in [6, 6.07) is 5.54. The number of carbonyl (C=O) groups excluding carboxylic acids is 2. The molecule has 0 saturated heterocycles. The van der Waals surface area contributed by atoms with Crippen LogP contribution in [0.3, 0.4) is 0 Å². The molecule has 0 unspecified atom stereocenters. The van der Waals surface area contributed by atoms with Crippen molar-refractivity contribution >= 4 is 23.2 Å². The molecule has 144 valence electrons. The number of hydrogen-bond acceptors (Lipinski definition) is 3. The van der Waals surface area contributed by atoms with Gasteiger partial charge in [0.25, 0.3) is 0 Å². The summed E-state index contributed by atoms with van der Waals surface area (Å²) in [5, 5.41) is 6.11. The van der Waals surface area contributed by atoms with Crippen molar-refractivity contribution in [1.29, 1.82) is 0 Å². The average Bonchev–Trinajstić information content (AvgIpc) is 2.70. The highest BCUT2D eigenvalue weighted by atomic mass is 16.5. The monoisotopic (exact) mass is 368 g/mol. The van der Waals surface area contributed by atoms with Crippen LogP contribution in [0.2, 0.25) is 0 Å². The second kappa shape index (κ2) is 5.73. The Kier molecular flexibility index (Phi) is 3.62. The third-order valence-corrected chi connectivity index (χ3v) is 7.21. The molecule has 0 spiro atoms. The highest BCUT2D eigenvalue weighted by Crippen LogP contribution is 2.60. The molecule has 2 amide bonds. The van der Waals surface area contributed by atoms with Crippen LogP contribution in [-0.2, 0) is 9.59 Å². The maximum Gasteiger partial charge on any atom is 0.233 e. The van der Waals surface area contributed by atoms with Crippen LogP contribution < -0.4 is 15.4 Å². The second-order valence-corrected chi connectivity index (χ2v) is 9.99. The zero-order valence-electron chi connectivity index (χ0n) is 16.1. The van der Waals surface area contributed by atoms with E-state index < -0.39 is 5.41 Å². The van der Waals surface area contributed by atoms with Gasteiger partial charge in [0, 0.05) is 5.69 Å². The minimum Gasteiger partial charge on any atom is -0.490 e. The van der Waals surface area contributed by atoms with E-state index in [2.05, 4.69) is 10.6 Å². The van der Waals surface area contributed by atoms with Gasteiger partial charge in [-0.3, -0.25) is 9.59 Å². The van der Waals surface area contributed by atoms with Crippen LogP contribution in [0.5, 0.6) is 5.75 Å². The van der Waals surface area contributed by atoms with Gasteiger partial charge in [0.05, 0.1) is 16.5 Å². The molecule has 5 aliphatic rings. The third kappa shape index (κ3) is 2.82. The molecule has 0 aromatic heterocycles. The highest BCUT2D eigenvalue weighted by Gasteiger charge is 2.54. The first-order chi connectivity index (χ1) is 12.8. The van der Waals surface area contributed by atoms with Crippen LogP contribution in [0.25, 0.3) is 0 Å². The van der Waals surface area contributed by atoms with Crippen molar-refractivity contribution in [1.82, 2.24) is 0 Å². The number of carbonyl (C=O) groups is 2. The minimum absolute atomic E-state index is 0.0641. The van der Waals surface area contributed by atoms with Crippen molar-refractivity contribution in [3.05, 3.63) is 18.2 Å². The lowest BCUT2D eigenvalue weighted by molar-refractivity contribution is -0.140. The molecular weight excluding hydrogens is 340 g/mol. The van der Waals surface area contributed by atoms with Crippen LogP contribution in [0, 0.1) is 28.6 Å². The molecule has 1 aromatic rings. The topological polar surface area (TPSA) is 67.4 Å². The van der Waals surface area contributed by atoms with Crippen LogP contribution in [0.1, 0.15) is 52.4 Å². The number of nitrogens with one attached hydrogen (secondary N) is 2. The number of fused-ring (bicyclic) bond motifs is 1. The van der Waals surface area contributed by atoms with Crippen LogP contribution in [-0.4, -0.2) is 18.4 Å². The quantitative estimate of drug-likeness (QED) is 0.822. The number of amides is 2. The van der Waals surface area contributed by atoms with E-state index in [1.807, 2.05) is 32.0 Å². The van der Waals surface area contributed by atoms with Gasteiger partial charge in [0.2, 0.25) is 11.8 Å². The van der Waals surface area contributed by atoms with E-state index in [4.69, 9.17) is 4.74 Å². The second-order valence-electron chi connectivity index (χ2n) is 9.99. The zero-order valence-corrected chi connectivity index (χ0v) is 16.1. The number of ether oxygens (including phenoxy) is 1. The molecule has 1 aromatic carbocycles. The van der Waals surface area contributed by atoms with Gasteiger partial charge in [-0.1, -0.05) is 0 Å². The van der Waals surface area contributed by atoms with E-state index in [0.717, 1.165) is 42.7 Å². The van der Waals surface area contributed by atoms with E-state index in [9.17, 15) is 9.59 Å². The molecule has 1 heterocycles. The van der Waals surface area contributed by atoms with Gasteiger partial charge in [0.15, 0.2) is 0 Å². The summed E-state index contributed by atoms with van der Waals surface area (Å²) in [6.45, 7) is 4.07. The molecule has 27 heavy (non-hydrogen) atoms. The number of hydrogen-bond donors (Lipinski definition) is 2. The fourth-order valence-corrected chi connectivity index (χ4v) is 6.10. The molecule has 2 N–H and O–H groups in total. The first-order valence-electron chi connectivity index (χ1n) is 10.2. The maximum absolute atomic E-state index is 13.2. The summed E-state index contributed by atoms with van der Waals surface area (Å²) >= 11 is 0. The highest BCUT2D eigenvalue weighted by molar-refractivity contribution is 5.99. The van der Waals surface area contributed by atoms with Crippen molar-refractivity contribution in [2.45, 2.75) is 52.4 Å². The molecule has 0 radical (unpaired) electrons. The zero-order chi connectivity index (χ0) is 18.8. The molecule has 4 saturated carbocycles. The average molecular weight is 368 g/mol. The lowest BCUT2D eigenvalue weighted by Crippen LogP contribution is -2.51. The van der Waals surface area contributed by atoms with Crippen LogP contribution >= 0.6 is 0 Å². The normalized spacial score (nSPS) is 35.6. The minimum atomic E-state index is -0.582. The Balaban J connectivity index is 1.36. The first-order valence-corrected chi connectivity index (χ1v) is 10.2. The summed E-state index contributed by atoms with van der Waals surface area (Å²) in [5.74, 6) is 2.98. The summed E-state index contributed by atoms with van der Waals surface area (Å²) in [7, 11) is 0. The summed E-state index contributed by atoms with van der Waals surface area (Å²) in [5.41, 5.74) is 0.609. The Bertz CT molecular complexity index is 778. The van der Waals surface area contributed by atoms with E-state index in [1.165, 1.54) is 19.3 Å². The molecule has 4 fully saturated rings. The van der Waals surface area contributed by atoms with E-state index in [0.29, 0.717) is 18.0 Å². The standard InChI is InChI=1S/C22H28N2O3/c1-21(2)12-27-18-4-3-16(8-17(18)24-19(21)25)23-20(26)22-9-13-5-14(10-22)7-15(6-13)11-22/h3-4,8,13-15H,5-7,9-12H2,1-2H3,(H,23,26)(H,24,25). The Labute approximate surface area is 160 Å². The van der Waals surface area contributed by atoms with Crippen molar-refractivity contribution in [2.24, 2.45) is 28.6 Å². The van der Waals surface area contributed by atoms with Gasteiger partial charge in [-0.15, -0.1) is 0 Å². The van der Waals surface area contributed by atoms with Gasteiger partial charge < -0.3 is 15.4 Å². The number of anilines is 2. The Hall–Kier alpha value is -2.04. The van der Waals surface area contributed by atoms with Gasteiger partial charge in [-0.05, 0) is 88.3 Å². The smallest absolute Gasteiger partial charge is 0.233 e. The van der Waals surface area contributed by atoms with E-state index in [1.54, 1.807) is 0 Å². The molecule has 0 atom stereocenters. The van der Waals surface area contributed by atoms with Crippen LogP contribution in [0.15, 0.2) is 18.2 Å². The van der Waals surface area contributed by atoms with E-state index in [-0.39, 0.29) is 17.2 Å². The Morgan fingerprint density at radius 1 is 1.11 bits per heavy atom. The molecule has 6 rings (SSSR count). The lowest BCUT2D eigenvalue weighted by Gasteiger charge is -2.55. The SMILES string of the molecule is CC1(C)COc2ccc(NC(=O)C34CC5CC(CC(C5)C3)C4)cc2NC1=O. The third-order valence-electron chi connectivity index (χ3n) is 7.21. The summed E-state index contributed by atoms with van der Waals surface area (Å²) < 4.78 is 5.80. The van der Waals surface area contributed by atoms with E-state index >= 15 is 0 Å². The predicted molar refractivity (Wildman–Crippen MR) is 104 cm³/mol. The van der Waals surface area contributed by atoms with Crippen molar-refractivity contribution in [3.63, 3.8) is 0 Å². The Morgan fingerprint density at radius 3 is 2.37 bits per heavy atom. The largest absolute Gasteiger partial charge is 0.490 e. The first kappa shape index (κ1) is 17.1. The summed E-state index contributed by atoms with van der Waals surface area (Å²) in [6.07, 6.45) is 7.11. The fraction of sp³-hybridized carbons (Fsp3) is 0.636. The molecule has 1 aliphatic heterocycles. The van der Waals surface area contributed by atoms with Gasteiger partial charge >= 0.3 is 0 Å². The van der Waals surface area contributed by atoms with Gasteiger partial charge in [-0.2, -0.15) is 0 Å². The van der Waals surface area contributed by atoms with Gasteiger partial charge in [-0.25, -0.2) is 0 Å². The van der Waals surface area contributed by atoms with Gasteiger partial charge in [0.1, 0.15) is 12.4 Å². The lowest BCUT2D eigenvalue weighted by atomic mass is 9.49. The number of rotatable bonds is 2. The summed E-state index contributed by atoms with van der Waals surface area (Å²) in [4.78, 5) is 25.6. The molecule has 5 nitrogen and oxygen atoms in total. The van der Waals surface area contributed by atoms with Crippen molar-refractivity contribution < 1.29 is 14.3 Å². The molecule has 4 aliphatic carbocycles. The van der Waals surface area contributed by atoms with Crippen molar-refractivity contribution in [3.8, 4) is 5.75 Å². The number of benzene rings is 1.